The second kappa shape index (κ2) is 6.26. The van der Waals surface area contributed by atoms with Crippen LogP contribution >= 0.6 is 0 Å². The number of hydrogen-bond donors (Lipinski definition) is 0. The minimum absolute atomic E-state index is 0.188. The molecular weight excluding hydrogens is 280 g/mol. The molecule has 3 rings (SSSR count). The van der Waals surface area contributed by atoms with Crippen LogP contribution in [0, 0.1) is 19.8 Å². The topological polar surface area (TPSA) is 45.5 Å². The molecule has 0 saturated carbocycles. The van der Waals surface area contributed by atoms with Gasteiger partial charge in [0.2, 0.25) is 5.88 Å². The van der Waals surface area contributed by atoms with Crippen LogP contribution < -0.4 is 4.74 Å². The highest BCUT2D eigenvalue weighted by Crippen LogP contribution is 2.31. The maximum atomic E-state index is 5.94. The van der Waals surface area contributed by atoms with Gasteiger partial charge in [-0.2, -0.15) is 0 Å². The first kappa shape index (κ1) is 15.3. The number of pyridine rings is 1. The normalized spacial score (nSPS) is 16.0. The first-order chi connectivity index (χ1) is 10.6. The van der Waals surface area contributed by atoms with Gasteiger partial charge >= 0.3 is 0 Å². The van der Waals surface area contributed by atoms with Crippen molar-refractivity contribution in [3.05, 3.63) is 23.5 Å². The van der Waals surface area contributed by atoms with Crippen LogP contribution in [0.2, 0.25) is 0 Å². The third-order valence-electron chi connectivity index (χ3n) is 4.09. The third-order valence-corrected chi connectivity index (χ3v) is 4.09. The number of fused-ring (bicyclic) bond motifs is 1. The van der Waals surface area contributed by atoms with Crippen LogP contribution in [-0.4, -0.2) is 35.7 Å². The Kier molecular flexibility index (Phi) is 4.36. The van der Waals surface area contributed by atoms with Crippen LogP contribution in [0.3, 0.4) is 0 Å². The second-order valence-corrected chi connectivity index (χ2v) is 6.21. The molecule has 5 heteroatoms. The van der Waals surface area contributed by atoms with Crippen molar-refractivity contribution in [1.29, 1.82) is 0 Å². The van der Waals surface area contributed by atoms with Crippen LogP contribution in [-0.2, 0) is 16.0 Å². The zero-order valence-corrected chi connectivity index (χ0v) is 13.8. The molecule has 0 atom stereocenters. The Labute approximate surface area is 131 Å². The fourth-order valence-electron chi connectivity index (χ4n) is 2.80. The maximum Gasteiger partial charge on any atom is 0.238 e. The van der Waals surface area contributed by atoms with Gasteiger partial charge in [0.1, 0.15) is 5.52 Å². The summed E-state index contributed by atoms with van der Waals surface area (Å²) in [6, 6.07) is 2.05. The van der Waals surface area contributed by atoms with Crippen molar-refractivity contribution < 1.29 is 14.2 Å². The van der Waals surface area contributed by atoms with Gasteiger partial charge in [0.15, 0.2) is 6.29 Å². The zero-order chi connectivity index (χ0) is 15.7. The Balaban J connectivity index is 2.02. The number of ether oxygens (including phenoxy) is 3. The van der Waals surface area contributed by atoms with Gasteiger partial charge in [-0.05, 0) is 31.4 Å². The van der Waals surface area contributed by atoms with Gasteiger partial charge in [0.25, 0.3) is 0 Å². The molecule has 0 N–H and O–H groups in total. The quantitative estimate of drug-likeness (QED) is 0.851. The van der Waals surface area contributed by atoms with Gasteiger partial charge in [-0.15, -0.1) is 0 Å². The lowest BCUT2D eigenvalue weighted by molar-refractivity contribution is -0.0520. The third kappa shape index (κ3) is 2.83. The van der Waals surface area contributed by atoms with E-state index in [0.29, 0.717) is 38.2 Å². The molecule has 5 nitrogen and oxygen atoms in total. The van der Waals surface area contributed by atoms with E-state index >= 15 is 0 Å². The van der Waals surface area contributed by atoms with Crippen LogP contribution in [0.4, 0.5) is 0 Å². The van der Waals surface area contributed by atoms with Crippen molar-refractivity contribution in [3.63, 3.8) is 0 Å². The van der Waals surface area contributed by atoms with E-state index in [1.54, 1.807) is 0 Å². The van der Waals surface area contributed by atoms with Gasteiger partial charge in [-0.1, -0.05) is 13.8 Å². The summed E-state index contributed by atoms with van der Waals surface area (Å²) in [5.41, 5.74) is 3.50. The number of aryl methyl sites for hydroxylation is 1. The minimum atomic E-state index is -0.188. The zero-order valence-electron chi connectivity index (χ0n) is 13.8. The Hall–Kier alpha value is -1.59. The van der Waals surface area contributed by atoms with Crippen LogP contribution in [0.15, 0.2) is 12.3 Å². The summed E-state index contributed by atoms with van der Waals surface area (Å²) in [5, 5.41) is 1.18. The highest BCUT2D eigenvalue weighted by atomic mass is 16.7. The van der Waals surface area contributed by atoms with Gasteiger partial charge in [0, 0.05) is 17.3 Å². The van der Waals surface area contributed by atoms with Gasteiger partial charge in [0.05, 0.1) is 26.4 Å². The molecule has 0 bridgehead atoms. The molecule has 120 valence electrons. The lowest BCUT2D eigenvalue weighted by Crippen LogP contribution is -2.18. The SMILES string of the molecule is Cc1c(C)n(CC2OCCO2)c2c(OCC(C)C)nccc12. The van der Waals surface area contributed by atoms with Crippen molar-refractivity contribution >= 4 is 10.9 Å². The number of aromatic nitrogens is 2. The van der Waals surface area contributed by atoms with Crippen molar-refractivity contribution in [2.45, 2.75) is 40.5 Å². The summed E-state index contributed by atoms with van der Waals surface area (Å²) in [6.07, 6.45) is 1.63. The number of nitrogens with zero attached hydrogens (tertiary/aromatic N) is 2. The summed E-state index contributed by atoms with van der Waals surface area (Å²) in [5.74, 6) is 1.16. The van der Waals surface area contributed by atoms with Crippen LogP contribution in [0.5, 0.6) is 5.88 Å². The van der Waals surface area contributed by atoms with E-state index < -0.39 is 0 Å². The van der Waals surface area contributed by atoms with Crippen molar-refractivity contribution in [3.8, 4) is 5.88 Å². The predicted molar refractivity (Wildman–Crippen MR) is 85.2 cm³/mol. The minimum Gasteiger partial charge on any atom is -0.476 e. The molecule has 0 amide bonds. The molecule has 1 aliphatic rings. The lowest BCUT2D eigenvalue weighted by Gasteiger charge is -2.15. The Morgan fingerprint density at radius 2 is 2.05 bits per heavy atom. The molecule has 0 radical (unpaired) electrons. The molecule has 1 fully saturated rings. The fourth-order valence-corrected chi connectivity index (χ4v) is 2.80. The lowest BCUT2D eigenvalue weighted by atomic mass is 10.2. The molecule has 0 unspecified atom stereocenters. The maximum absolute atomic E-state index is 5.94. The molecule has 2 aromatic heterocycles. The summed E-state index contributed by atoms with van der Waals surface area (Å²) in [6.45, 7) is 11.2. The van der Waals surface area contributed by atoms with Gasteiger partial charge < -0.3 is 18.8 Å². The Bertz CT molecular complexity index is 657. The molecule has 0 aromatic carbocycles. The molecule has 2 aromatic rings. The number of hydrogen-bond acceptors (Lipinski definition) is 4. The Morgan fingerprint density at radius 1 is 1.32 bits per heavy atom. The Morgan fingerprint density at radius 3 is 2.73 bits per heavy atom. The van der Waals surface area contributed by atoms with E-state index in [-0.39, 0.29) is 6.29 Å². The van der Waals surface area contributed by atoms with E-state index in [4.69, 9.17) is 14.2 Å². The molecule has 22 heavy (non-hydrogen) atoms. The van der Waals surface area contributed by atoms with E-state index in [1.807, 2.05) is 12.3 Å². The van der Waals surface area contributed by atoms with Crippen LogP contribution in [0.1, 0.15) is 25.1 Å². The molecule has 0 aliphatic carbocycles. The van der Waals surface area contributed by atoms with Crippen LogP contribution in [0.25, 0.3) is 10.9 Å². The smallest absolute Gasteiger partial charge is 0.238 e. The van der Waals surface area contributed by atoms with E-state index in [0.717, 1.165) is 5.52 Å². The van der Waals surface area contributed by atoms with Gasteiger partial charge in [-0.25, -0.2) is 4.98 Å². The van der Waals surface area contributed by atoms with E-state index in [2.05, 4.69) is 37.2 Å². The second-order valence-electron chi connectivity index (χ2n) is 6.21. The van der Waals surface area contributed by atoms with E-state index in [1.165, 1.54) is 16.6 Å². The molecule has 0 spiro atoms. The largest absolute Gasteiger partial charge is 0.476 e. The van der Waals surface area contributed by atoms with Gasteiger partial charge in [-0.3, -0.25) is 0 Å². The first-order valence-corrected chi connectivity index (χ1v) is 7.88. The highest BCUT2D eigenvalue weighted by molar-refractivity contribution is 5.88. The monoisotopic (exact) mass is 304 g/mol. The molecule has 1 aliphatic heterocycles. The average Bonchev–Trinajstić information content (AvgIpc) is 3.09. The fraction of sp³-hybridized carbons (Fsp3) is 0.588. The first-order valence-electron chi connectivity index (χ1n) is 7.88. The predicted octanol–water partition coefficient (Wildman–Crippen LogP) is 3.06. The summed E-state index contributed by atoms with van der Waals surface area (Å²) in [7, 11) is 0. The molecule has 1 saturated heterocycles. The summed E-state index contributed by atoms with van der Waals surface area (Å²) < 4.78 is 19.4. The average molecular weight is 304 g/mol. The highest BCUT2D eigenvalue weighted by Gasteiger charge is 2.22. The van der Waals surface area contributed by atoms with Crippen molar-refractivity contribution in [1.82, 2.24) is 9.55 Å². The molecular formula is C17H24N2O3. The standard InChI is InChI=1S/C17H24N2O3/c1-11(2)10-22-17-16-14(5-6-18-17)12(3)13(4)19(16)9-15-20-7-8-21-15/h5-6,11,15H,7-10H2,1-4H3. The molecule has 3 heterocycles. The van der Waals surface area contributed by atoms with E-state index in [9.17, 15) is 0 Å². The summed E-state index contributed by atoms with van der Waals surface area (Å²) in [4.78, 5) is 4.44. The van der Waals surface area contributed by atoms with Crippen molar-refractivity contribution in [2.24, 2.45) is 5.92 Å². The summed E-state index contributed by atoms with van der Waals surface area (Å²) >= 11 is 0. The van der Waals surface area contributed by atoms with Crippen molar-refractivity contribution in [2.75, 3.05) is 19.8 Å². The number of rotatable bonds is 5.